The summed E-state index contributed by atoms with van der Waals surface area (Å²) in [5.41, 5.74) is 0. The van der Waals surface area contributed by atoms with Crippen molar-refractivity contribution in [3.8, 4) is 0 Å². The molecular weight excluding hydrogens is 230 g/mol. The van der Waals surface area contributed by atoms with Crippen LogP contribution in [0.1, 0.15) is 24.6 Å². The third-order valence-corrected chi connectivity index (χ3v) is 2.51. The number of anilines is 1. The molecular formula is C9H12BrN3. The van der Waals surface area contributed by atoms with Gasteiger partial charge in [0.2, 0.25) is 0 Å². The van der Waals surface area contributed by atoms with Crippen LogP contribution in [0.25, 0.3) is 0 Å². The summed E-state index contributed by atoms with van der Waals surface area (Å²) in [6, 6.07) is 1.94. The molecule has 0 bridgehead atoms. The van der Waals surface area contributed by atoms with E-state index in [9.17, 15) is 0 Å². The van der Waals surface area contributed by atoms with Gasteiger partial charge < -0.3 is 4.90 Å². The van der Waals surface area contributed by atoms with Crippen LogP contribution in [0.4, 0.5) is 5.82 Å². The first-order valence-corrected chi connectivity index (χ1v) is 5.18. The average molecular weight is 242 g/mol. The minimum Gasteiger partial charge on any atom is -0.363 e. The lowest BCUT2D eigenvalue weighted by molar-refractivity contribution is 0.895. The van der Waals surface area contributed by atoms with Gasteiger partial charge in [-0.3, -0.25) is 0 Å². The molecule has 0 amide bonds. The fourth-order valence-corrected chi connectivity index (χ4v) is 1.56. The molecule has 0 radical (unpaired) electrons. The highest BCUT2D eigenvalue weighted by Gasteiger charge is 2.27. The maximum absolute atomic E-state index is 4.48. The van der Waals surface area contributed by atoms with Gasteiger partial charge in [0.25, 0.3) is 0 Å². The molecule has 1 heterocycles. The van der Waals surface area contributed by atoms with Crippen LogP contribution in [0, 0.1) is 0 Å². The predicted octanol–water partition coefficient (Wildman–Crippen LogP) is 2.18. The molecule has 4 heteroatoms. The first-order chi connectivity index (χ1) is 6.16. The van der Waals surface area contributed by atoms with E-state index in [1.54, 1.807) is 0 Å². The van der Waals surface area contributed by atoms with Gasteiger partial charge in [-0.15, -0.1) is 0 Å². The SMILES string of the molecule is CN(C)c1cc(Br)nc(C2CC2)n1. The van der Waals surface area contributed by atoms with Crippen molar-refractivity contribution >= 4 is 21.7 Å². The van der Waals surface area contributed by atoms with E-state index in [2.05, 4.69) is 25.9 Å². The van der Waals surface area contributed by atoms with Crippen molar-refractivity contribution in [1.82, 2.24) is 9.97 Å². The van der Waals surface area contributed by atoms with Gasteiger partial charge in [0.15, 0.2) is 0 Å². The first-order valence-electron chi connectivity index (χ1n) is 4.38. The lowest BCUT2D eigenvalue weighted by atomic mass is 10.4. The fourth-order valence-electron chi connectivity index (χ4n) is 1.18. The van der Waals surface area contributed by atoms with E-state index in [0.29, 0.717) is 5.92 Å². The van der Waals surface area contributed by atoms with Gasteiger partial charge in [0.05, 0.1) is 0 Å². The summed E-state index contributed by atoms with van der Waals surface area (Å²) in [5.74, 6) is 2.57. The van der Waals surface area contributed by atoms with Gasteiger partial charge in [-0.2, -0.15) is 0 Å². The third-order valence-electron chi connectivity index (χ3n) is 2.10. The molecule has 0 aromatic carbocycles. The summed E-state index contributed by atoms with van der Waals surface area (Å²) in [6.07, 6.45) is 2.48. The number of rotatable bonds is 2. The molecule has 1 saturated carbocycles. The summed E-state index contributed by atoms with van der Waals surface area (Å²) in [7, 11) is 3.98. The van der Waals surface area contributed by atoms with Crippen molar-refractivity contribution in [2.45, 2.75) is 18.8 Å². The van der Waals surface area contributed by atoms with E-state index >= 15 is 0 Å². The number of hydrogen-bond donors (Lipinski definition) is 0. The van der Waals surface area contributed by atoms with Crippen molar-refractivity contribution in [2.24, 2.45) is 0 Å². The van der Waals surface area contributed by atoms with Crippen molar-refractivity contribution in [1.29, 1.82) is 0 Å². The van der Waals surface area contributed by atoms with Gasteiger partial charge >= 0.3 is 0 Å². The molecule has 1 fully saturated rings. The quantitative estimate of drug-likeness (QED) is 0.744. The zero-order valence-corrected chi connectivity index (χ0v) is 9.37. The Kier molecular flexibility index (Phi) is 2.24. The first kappa shape index (κ1) is 8.94. The minimum absolute atomic E-state index is 0.608. The van der Waals surface area contributed by atoms with Crippen molar-refractivity contribution in [3.63, 3.8) is 0 Å². The Hall–Kier alpha value is -0.640. The Morgan fingerprint density at radius 2 is 2.08 bits per heavy atom. The Balaban J connectivity index is 2.36. The molecule has 70 valence electrons. The standard InChI is InChI=1S/C9H12BrN3/c1-13(2)8-5-7(10)11-9(12-8)6-3-4-6/h5-6H,3-4H2,1-2H3. The van der Waals surface area contributed by atoms with Crippen LogP contribution in [0.15, 0.2) is 10.7 Å². The maximum Gasteiger partial charge on any atom is 0.135 e. The van der Waals surface area contributed by atoms with Crippen molar-refractivity contribution in [3.05, 3.63) is 16.5 Å². The van der Waals surface area contributed by atoms with Gasteiger partial charge in [-0.05, 0) is 28.8 Å². The molecule has 0 atom stereocenters. The van der Waals surface area contributed by atoms with E-state index in [1.165, 1.54) is 12.8 Å². The van der Waals surface area contributed by atoms with Crippen LogP contribution in [-0.2, 0) is 0 Å². The number of aromatic nitrogens is 2. The van der Waals surface area contributed by atoms with Gasteiger partial charge in [-0.25, -0.2) is 9.97 Å². The highest BCUT2D eigenvalue weighted by atomic mass is 79.9. The molecule has 1 aliphatic rings. The lowest BCUT2D eigenvalue weighted by Crippen LogP contribution is -2.12. The molecule has 0 aliphatic heterocycles. The molecule has 3 nitrogen and oxygen atoms in total. The molecule has 2 rings (SSSR count). The molecule has 0 spiro atoms. The zero-order valence-electron chi connectivity index (χ0n) is 7.79. The van der Waals surface area contributed by atoms with Crippen LogP contribution >= 0.6 is 15.9 Å². The fraction of sp³-hybridized carbons (Fsp3) is 0.556. The molecule has 1 aromatic rings. The second-order valence-corrected chi connectivity index (χ2v) is 4.39. The second-order valence-electron chi connectivity index (χ2n) is 3.58. The smallest absolute Gasteiger partial charge is 0.135 e. The maximum atomic E-state index is 4.48. The predicted molar refractivity (Wildman–Crippen MR) is 56.0 cm³/mol. The van der Waals surface area contributed by atoms with Gasteiger partial charge in [0, 0.05) is 26.1 Å². The van der Waals surface area contributed by atoms with Crippen molar-refractivity contribution < 1.29 is 0 Å². The van der Waals surface area contributed by atoms with Crippen LogP contribution in [0.2, 0.25) is 0 Å². The highest BCUT2D eigenvalue weighted by Crippen LogP contribution is 2.38. The molecule has 0 saturated heterocycles. The number of halogens is 1. The van der Waals surface area contributed by atoms with Crippen LogP contribution in [0.3, 0.4) is 0 Å². The van der Waals surface area contributed by atoms with E-state index in [0.717, 1.165) is 16.2 Å². The summed E-state index contributed by atoms with van der Waals surface area (Å²) in [6.45, 7) is 0. The monoisotopic (exact) mass is 241 g/mol. The Bertz CT molecular complexity index is 300. The Labute approximate surface area is 86.3 Å². The summed E-state index contributed by atoms with van der Waals surface area (Å²) in [5, 5.41) is 0. The lowest BCUT2D eigenvalue weighted by Gasteiger charge is -2.12. The summed E-state index contributed by atoms with van der Waals surface area (Å²) in [4.78, 5) is 10.8. The van der Waals surface area contributed by atoms with Crippen LogP contribution in [-0.4, -0.2) is 24.1 Å². The molecule has 1 aliphatic carbocycles. The topological polar surface area (TPSA) is 29.0 Å². The summed E-state index contributed by atoms with van der Waals surface area (Å²) < 4.78 is 0.883. The van der Waals surface area contributed by atoms with Gasteiger partial charge in [-0.1, -0.05) is 0 Å². The zero-order chi connectivity index (χ0) is 9.42. The van der Waals surface area contributed by atoms with E-state index in [-0.39, 0.29) is 0 Å². The summed E-state index contributed by atoms with van der Waals surface area (Å²) >= 11 is 3.40. The normalized spacial score (nSPS) is 15.9. The largest absolute Gasteiger partial charge is 0.363 e. The van der Waals surface area contributed by atoms with Crippen LogP contribution in [0.5, 0.6) is 0 Å². The molecule has 0 unspecified atom stereocenters. The molecule has 0 N–H and O–H groups in total. The Morgan fingerprint density at radius 3 is 2.62 bits per heavy atom. The Morgan fingerprint density at radius 1 is 1.38 bits per heavy atom. The van der Waals surface area contributed by atoms with E-state index < -0.39 is 0 Å². The minimum atomic E-state index is 0.608. The average Bonchev–Trinajstić information content (AvgIpc) is 2.85. The van der Waals surface area contributed by atoms with Crippen LogP contribution < -0.4 is 4.90 Å². The van der Waals surface area contributed by atoms with Crippen molar-refractivity contribution in [2.75, 3.05) is 19.0 Å². The van der Waals surface area contributed by atoms with E-state index in [1.807, 2.05) is 25.1 Å². The number of nitrogens with zero attached hydrogens (tertiary/aromatic N) is 3. The molecule has 13 heavy (non-hydrogen) atoms. The third kappa shape index (κ3) is 1.99. The second kappa shape index (κ2) is 3.25. The van der Waals surface area contributed by atoms with E-state index in [4.69, 9.17) is 0 Å². The highest BCUT2D eigenvalue weighted by molar-refractivity contribution is 9.10. The number of hydrogen-bond acceptors (Lipinski definition) is 3. The molecule has 1 aromatic heterocycles. The van der Waals surface area contributed by atoms with Gasteiger partial charge in [0.1, 0.15) is 16.2 Å².